The van der Waals surface area contributed by atoms with Gasteiger partial charge < -0.3 is 24.8 Å². The molecule has 23 heavy (non-hydrogen) atoms. The van der Waals surface area contributed by atoms with Crippen LogP contribution in [-0.4, -0.2) is 62.5 Å². The first-order valence-corrected chi connectivity index (χ1v) is 7.73. The van der Waals surface area contributed by atoms with Gasteiger partial charge in [0.1, 0.15) is 5.84 Å². The number of carbonyl (C=O) groups is 1. The number of alkyl halides is 1. The van der Waals surface area contributed by atoms with Crippen molar-refractivity contribution in [1.82, 2.24) is 4.90 Å². The number of ether oxygens (including phenoxy) is 3. The van der Waals surface area contributed by atoms with E-state index in [9.17, 15) is 4.79 Å². The number of rotatable bonds is 6. The number of morpholine rings is 1. The lowest BCUT2D eigenvalue weighted by Gasteiger charge is -2.26. The number of nitrogens with two attached hydrogens (primary N) is 1. The van der Waals surface area contributed by atoms with Gasteiger partial charge in [-0.05, 0) is 12.1 Å². The molecule has 1 aromatic rings. The summed E-state index contributed by atoms with van der Waals surface area (Å²) in [5, 5.41) is 0. The average molecular weight is 342 g/mol. The third-order valence-corrected chi connectivity index (χ3v) is 3.55. The van der Waals surface area contributed by atoms with Crippen LogP contribution in [-0.2, 0) is 9.53 Å². The fourth-order valence-corrected chi connectivity index (χ4v) is 2.14. The van der Waals surface area contributed by atoms with Crippen LogP contribution >= 0.6 is 11.6 Å². The van der Waals surface area contributed by atoms with Crippen LogP contribution in [0.25, 0.3) is 0 Å². The first-order chi connectivity index (χ1) is 11.1. The fourth-order valence-electron chi connectivity index (χ4n) is 2.08. The van der Waals surface area contributed by atoms with E-state index in [0.29, 0.717) is 49.3 Å². The van der Waals surface area contributed by atoms with E-state index in [4.69, 9.17) is 31.5 Å². The summed E-state index contributed by atoms with van der Waals surface area (Å²) in [7, 11) is 1.52. The van der Waals surface area contributed by atoms with E-state index in [-0.39, 0.29) is 18.4 Å². The van der Waals surface area contributed by atoms with Crippen molar-refractivity contribution in [2.75, 3.05) is 45.9 Å². The molecule has 0 radical (unpaired) electrons. The van der Waals surface area contributed by atoms with E-state index < -0.39 is 0 Å². The zero-order chi connectivity index (χ0) is 16.7. The highest BCUT2D eigenvalue weighted by atomic mass is 35.5. The normalized spacial score (nSPS) is 15.4. The summed E-state index contributed by atoms with van der Waals surface area (Å²) in [6, 6.07) is 5.08. The van der Waals surface area contributed by atoms with Gasteiger partial charge in [-0.2, -0.15) is 0 Å². The number of benzene rings is 1. The fraction of sp³-hybridized carbons (Fsp3) is 0.467. The van der Waals surface area contributed by atoms with Crippen LogP contribution < -0.4 is 15.2 Å². The SMILES string of the molecule is COc1cc(N=C(N)CCl)ccc1OCC(=O)N1CCOCC1. The molecule has 2 rings (SSSR count). The summed E-state index contributed by atoms with van der Waals surface area (Å²) in [5.74, 6) is 1.32. The number of aliphatic imine (C=N–C) groups is 1. The standard InChI is InChI=1S/C15H20ClN3O4/c1-21-13-8-11(18-14(17)9-16)2-3-12(13)23-10-15(20)19-4-6-22-7-5-19/h2-3,8H,4-7,9-10H2,1H3,(H2,17,18). The molecule has 126 valence electrons. The largest absolute Gasteiger partial charge is 0.493 e. The van der Waals surface area contributed by atoms with Gasteiger partial charge in [-0.25, -0.2) is 4.99 Å². The van der Waals surface area contributed by atoms with Gasteiger partial charge in [-0.3, -0.25) is 4.79 Å². The Labute approximate surface area is 140 Å². The van der Waals surface area contributed by atoms with Crippen LogP contribution in [0.1, 0.15) is 0 Å². The summed E-state index contributed by atoms with van der Waals surface area (Å²) in [5.41, 5.74) is 6.20. The highest BCUT2D eigenvalue weighted by Crippen LogP contribution is 2.31. The van der Waals surface area contributed by atoms with Crippen molar-refractivity contribution in [2.24, 2.45) is 10.7 Å². The lowest BCUT2D eigenvalue weighted by Crippen LogP contribution is -2.42. The molecule has 1 heterocycles. The van der Waals surface area contributed by atoms with Gasteiger partial charge in [0.05, 0.1) is 31.9 Å². The molecule has 0 aliphatic carbocycles. The smallest absolute Gasteiger partial charge is 0.260 e. The molecule has 0 aromatic heterocycles. The zero-order valence-electron chi connectivity index (χ0n) is 13.0. The lowest BCUT2D eigenvalue weighted by molar-refractivity contribution is -0.137. The molecule has 0 saturated carbocycles. The van der Waals surface area contributed by atoms with E-state index in [1.165, 1.54) is 7.11 Å². The minimum Gasteiger partial charge on any atom is -0.493 e. The molecule has 0 atom stereocenters. The molecule has 2 N–H and O–H groups in total. The van der Waals surface area contributed by atoms with Gasteiger partial charge in [-0.15, -0.1) is 11.6 Å². The molecular weight excluding hydrogens is 322 g/mol. The molecule has 0 unspecified atom stereocenters. The molecule has 1 aliphatic rings. The van der Waals surface area contributed by atoms with Gasteiger partial charge in [0.2, 0.25) is 0 Å². The first kappa shape index (κ1) is 17.4. The molecule has 0 spiro atoms. The van der Waals surface area contributed by atoms with Crippen LogP contribution in [0.15, 0.2) is 23.2 Å². The number of amides is 1. The topological polar surface area (TPSA) is 86.4 Å². The van der Waals surface area contributed by atoms with Crippen molar-refractivity contribution < 1.29 is 19.0 Å². The Hall–Kier alpha value is -1.99. The third kappa shape index (κ3) is 5.01. The monoisotopic (exact) mass is 341 g/mol. The second-order valence-corrected chi connectivity index (χ2v) is 5.12. The number of halogens is 1. The number of methoxy groups -OCH3 is 1. The van der Waals surface area contributed by atoms with E-state index in [2.05, 4.69) is 4.99 Å². The van der Waals surface area contributed by atoms with E-state index >= 15 is 0 Å². The number of hydrogen-bond donors (Lipinski definition) is 1. The van der Waals surface area contributed by atoms with Crippen molar-refractivity contribution in [3.8, 4) is 11.5 Å². The lowest BCUT2D eigenvalue weighted by atomic mass is 10.3. The summed E-state index contributed by atoms with van der Waals surface area (Å²) < 4.78 is 16.0. The highest BCUT2D eigenvalue weighted by molar-refractivity contribution is 6.28. The van der Waals surface area contributed by atoms with Crippen molar-refractivity contribution in [3.63, 3.8) is 0 Å². The van der Waals surface area contributed by atoms with Crippen molar-refractivity contribution in [2.45, 2.75) is 0 Å². The Morgan fingerprint density at radius 3 is 2.78 bits per heavy atom. The van der Waals surface area contributed by atoms with E-state index in [1.54, 1.807) is 23.1 Å². The molecule has 0 bridgehead atoms. The molecule has 1 aromatic carbocycles. The first-order valence-electron chi connectivity index (χ1n) is 7.19. The van der Waals surface area contributed by atoms with Crippen molar-refractivity contribution >= 4 is 29.0 Å². The molecule has 1 saturated heterocycles. The van der Waals surface area contributed by atoms with Gasteiger partial charge in [0.15, 0.2) is 18.1 Å². The van der Waals surface area contributed by atoms with E-state index in [0.717, 1.165) is 0 Å². The minimum atomic E-state index is -0.0798. The predicted octanol–water partition coefficient (Wildman–Crippen LogP) is 1.16. The minimum absolute atomic E-state index is 0.0528. The second kappa shape index (κ2) is 8.59. The Bertz CT molecular complexity index is 574. The van der Waals surface area contributed by atoms with Crippen LogP contribution in [0.4, 0.5) is 5.69 Å². The maximum absolute atomic E-state index is 12.1. The Morgan fingerprint density at radius 1 is 1.39 bits per heavy atom. The molecule has 7 nitrogen and oxygen atoms in total. The third-order valence-electron chi connectivity index (χ3n) is 3.27. The highest BCUT2D eigenvalue weighted by Gasteiger charge is 2.18. The quantitative estimate of drug-likeness (QED) is 0.476. The molecule has 1 amide bonds. The van der Waals surface area contributed by atoms with Gasteiger partial charge in [0, 0.05) is 19.2 Å². The van der Waals surface area contributed by atoms with Crippen LogP contribution in [0.5, 0.6) is 11.5 Å². The summed E-state index contributed by atoms with van der Waals surface area (Å²) in [4.78, 5) is 17.9. The molecule has 1 fully saturated rings. The van der Waals surface area contributed by atoms with Crippen LogP contribution in [0, 0.1) is 0 Å². The molecule has 1 aliphatic heterocycles. The Balaban J connectivity index is 2.00. The summed E-state index contributed by atoms with van der Waals surface area (Å²) in [6.45, 7) is 2.24. The number of amidine groups is 1. The van der Waals surface area contributed by atoms with Crippen LogP contribution in [0.3, 0.4) is 0 Å². The summed E-state index contributed by atoms with van der Waals surface area (Å²) >= 11 is 5.60. The predicted molar refractivity (Wildman–Crippen MR) is 87.9 cm³/mol. The zero-order valence-corrected chi connectivity index (χ0v) is 13.7. The van der Waals surface area contributed by atoms with Crippen LogP contribution in [0.2, 0.25) is 0 Å². The van der Waals surface area contributed by atoms with Gasteiger partial charge in [0.25, 0.3) is 5.91 Å². The Morgan fingerprint density at radius 2 is 2.13 bits per heavy atom. The molecular formula is C15H20ClN3O4. The summed E-state index contributed by atoms with van der Waals surface area (Å²) in [6.07, 6.45) is 0. The second-order valence-electron chi connectivity index (χ2n) is 4.85. The maximum Gasteiger partial charge on any atom is 0.260 e. The number of nitrogens with zero attached hydrogens (tertiary/aromatic N) is 2. The maximum atomic E-state index is 12.1. The van der Waals surface area contributed by atoms with E-state index in [1.807, 2.05) is 0 Å². The molecule has 8 heteroatoms. The number of hydrogen-bond acceptors (Lipinski definition) is 5. The average Bonchev–Trinajstić information content (AvgIpc) is 2.60. The van der Waals surface area contributed by atoms with Crippen molar-refractivity contribution in [1.29, 1.82) is 0 Å². The number of carbonyl (C=O) groups excluding carboxylic acids is 1. The van der Waals surface area contributed by atoms with Gasteiger partial charge >= 0.3 is 0 Å². The van der Waals surface area contributed by atoms with Crippen molar-refractivity contribution in [3.05, 3.63) is 18.2 Å². The van der Waals surface area contributed by atoms with Gasteiger partial charge in [-0.1, -0.05) is 0 Å². The Kier molecular flexibility index (Phi) is 6.49.